The minimum Gasteiger partial charge on any atom is -0.355 e. The van der Waals surface area contributed by atoms with Crippen LogP contribution in [0.2, 0.25) is 10.0 Å². The van der Waals surface area contributed by atoms with Gasteiger partial charge in [-0.1, -0.05) is 65.7 Å². The lowest BCUT2D eigenvalue weighted by Crippen LogP contribution is -2.04. The van der Waals surface area contributed by atoms with Crippen molar-refractivity contribution in [3.05, 3.63) is 192 Å². The first kappa shape index (κ1) is 42.9. The molecular weight excluding hydrogens is 849 g/mol. The van der Waals surface area contributed by atoms with Gasteiger partial charge in [0, 0.05) is 67.4 Å². The molecule has 0 aliphatic rings. The molecule has 4 N–H and O–H groups in total. The van der Waals surface area contributed by atoms with Crippen molar-refractivity contribution in [3.8, 4) is 22.5 Å². The predicted octanol–water partition coefficient (Wildman–Crippen LogP) is 14.6. The number of hydrogen-bond donors (Lipinski definition) is 4. The molecule has 0 radical (unpaired) electrons. The highest BCUT2D eigenvalue weighted by molar-refractivity contribution is 6.31. The third kappa shape index (κ3) is 11.6. The maximum Gasteiger partial charge on any atom is 0.416 e. The topological polar surface area (TPSA) is 99.7 Å². The fourth-order valence-corrected chi connectivity index (χ4v) is 6.28. The summed E-state index contributed by atoms with van der Waals surface area (Å²) in [5.41, 5.74) is 5.91. The van der Waals surface area contributed by atoms with Crippen molar-refractivity contribution in [2.24, 2.45) is 0 Å². The molecule has 312 valence electrons. The van der Waals surface area contributed by atoms with Crippen LogP contribution in [0.15, 0.2) is 170 Å². The van der Waals surface area contributed by atoms with Crippen molar-refractivity contribution >= 4 is 69.0 Å². The largest absolute Gasteiger partial charge is 0.416 e. The minimum atomic E-state index is -4.37. The Kier molecular flexibility index (Phi) is 13.2. The average molecular weight is 882 g/mol. The van der Waals surface area contributed by atoms with Gasteiger partial charge in [0.25, 0.3) is 0 Å². The molecule has 0 aliphatic heterocycles. The van der Waals surface area contributed by atoms with E-state index < -0.39 is 23.5 Å². The second-order valence-corrected chi connectivity index (χ2v) is 14.2. The Hall–Kier alpha value is -7.16. The summed E-state index contributed by atoms with van der Waals surface area (Å²) in [7, 11) is 0. The number of alkyl halides is 6. The van der Waals surface area contributed by atoms with E-state index in [-0.39, 0.29) is 0 Å². The van der Waals surface area contributed by atoms with E-state index in [0.29, 0.717) is 44.4 Å². The summed E-state index contributed by atoms with van der Waals surface area (Å²) in [5, 5.41) is 14.0. The third-order valence-corrected chi connectivity index (χ3v) is 9.42. The number of nitrogens with zero attached hydrogens (tertiary/aromatic N) is 4. The molecule has 0 atom stereocenters. The molecule has 0 aliphatic carbocycles. The fourth-order valence-electron chi connectivity index (χ4n) is 5.97. The van der Waals surface area contributed by atoms with Crippen LogP contribution >= 0.6 is 23.2 Å². The Morgan fingerprint density at radius 3 is 1.24 bits per heavy atom. The van der Waals surface area contributed by atoms with Gasteiger partial charge in [0.05, 0.1) is 22.5 Å². The second kappa shape index (κ2) is 19.0. The van der Waals surface area contributed by atoms with Crippen molar-refractivity contribution in [2.45, 2.75) is 12.4 Å². The molecule has 0 spiro atoms. The number of hydrogen-bond acceptors (Lipinski definition) is 8. The highest BCUT2D eigenvalue weighted by Crippen LogP contribution is 2.35. The summed E-state index contributed by atoms with van der Waals surface area (Å²) < 4.78 is 76.5. The van der Waals surface area contributed by atoms with Crippen LogP contribution in [0.1, 0.15) is 11.1 Å². The molecule has 0 bridgehead atoms. The summed E-state index contributed by atoms with van der Waals surface area (Å²) in [6, 6.07) is 43.0. The van der Waals surface area contributed by atoms with Gasteiger partial charge in [0.2, 0.25) is 0 Å². The van der Waals surface area contributed by atoms with Crippen molar-refractivity contribution in [1.82, 2.24) is 19.9 Å². The molecule has 6 aromatic carbocycles. The number of aromatic nitrogens is 4. The number of nitrogens with one attached hydrogen (secondary N) is 4. The van der Waals surface area contributed by atoms with Crippen LogP contribution in [-0.2, 0) is 12.4 Å². The molecule has 0 saturated carbocycles. The number of benzene rings is 6. The van der Waals surface area contributed by atoms with E-state index in [0.717, 1.165) is 58.1 Å². The van der Waals surface area contributed by atoms with Crippen LogP contribution in [0.3, 0.4) is 0 Å². The summed E-state index contributed by atoms with van der Waals surface area (Å²) >= 11 is 12.0. The van der Waals surface area contributed by atoms with Crippen molar-refractivity contribution in [3.63, 3.8) is 0 Å². The number of rotatable bonds is 10. The number of halogens is 8. The van der Waals surface area contributed by atoms with Crippen LogP contribution in [-0.4, -0.2) is 19.9 Å². The highest BCUT2D eigenvalue weighted by Gasteiger charge is 2.30. The monoisotopic (exact) mass is 880 g/mol. The Morgan fingerprint density at radius 1 is 0.371 bits per heavy atom. The van der Waals surface area contributed by atoms with E-state index in [1.807, 2.05) is 78.9 Å². The molecule has 62 heavy (non-hydrogen) atoms. The minimum absolute atomic E-state index is 0.460. The molecule has 16 heteroatoms. The maximum absolute atomic E-state index is 12.7. The lowest BCUT2D eigenvalue weighted by Gasteiger charge is -2.13. The third-order valence-electron chi connectivity index (χ3n) is 8.94. The van der Waals surface area contributed by atoms with Gasteiger partial charge in [-0.2, -0.15) is 26.3 Å². The van der Waals surface area contributed by atoms with Gasteiger partial charge in [-0.3, -0.25) is 0 Å². The van der Waals surface area contributed by atoms with E-state index in [4.69, 9.17) is 23.2 Å². The smallest absolute Gasteiger partial charge is 0.355 e. The molecule has 8 rings (SSSR count). The van der Waals surface area contributed by atoms with E-state index in [1.54, 1.807) is 30.3 Å². The quantitative estimate of drug-likeness (QED) is 0.101. The zero-order chi connectivity index (χ0) is 43.7. The summed E-state index contributed by atoms with van der Waals surface area (Å²) in [6.07, 6.45) is -5.94. The Bertz CT molecular complexity index is 2750. The summed E-state index contributed by atoms with van der Waals surface area (Å²) in [5.74, 6) is 0.924. The first-order valence-corrected chi connectivity index (χ1v) is 19.3. The predicted molar refractivity (Wildman–Crippen MR) is 234 cm³/mol. The van der Waals surface area contributed by atoms with Gasteiger partial charge in [0.15, 0.2) is 0 Å². The fraction of sp³-hybridized carbons (Fsp3) is 0.0435. The molecule has 2 heterocycles. The molecule has 0 unspecified atom stereocenters. The van der Waals surface area contributed by atoms with Crippen LogP contribution in [0, 0.1) is 0 Å². The van der Waals surface area contributed by atoms with Gasteiger partial charge in [0.1, 0.15) is 24.3 Å². The lowest BCUT2D eigenvalue weighted by atomic mass is 10.1. The second-order valence-electron chi connectivity index (χ2n) is 13.3. The standard InChI is InChI=1S/2C23H16ClF3N4/c24-16-4-3-5-18(12-16)30-20-7-2-1-6-19(20)21-13-22(29-14-28-21)31-17-10-8-15(9-11-17)23(25,26)27;24-16-7-11-17(12-8-16)30-20-4-2-1-3-19(20)21-13-22(29-14-28-21)31-18-9-5-15(6-10-18)23(25,26)27/h2*1-14,30H,(H,28,29,31). The van der Waals surface area contributed by atoms with Crippen molar-refractivity contribution in [1.29, 1.82) is 0 Å². The van der Waals surface area contributed by atoms with Crippen LogP contribution in [0.5, 0.6) is 0 Å². The number of anilines is 8. The zero-order valence-corrected chi connectivity index (χ0v) is 33.5. The van der Waals surface area contributed by atoms with E-state index >= 15 is 0 Å². The molecule has 8 nitrogen and oxygen atoms in total. The van der Waals surface area contributed by atoms with E-state index in [1.165, 1.54) is 36.9 Å². The van der Waals surface area contributed by atoms with Crippen LogP contribution in [0.25, 0.3) is 22.5 Å². The number of para-hydroxylation sites is 2. The Labute approximate surface area is 361 Å². The molecule has 0 fully saturated rings. The molecule has 8 aromatic rings. The summed E-state index contributed by atoms with van der Waals surface area (Å²) in [4.78, 5) is 17.1. The van der Waals surface area contributed by atoms with Gasteiger partial charge < -0.3 is 21.3 Å². The van der Waals surface area contributed by atoms with Crippen LogP contribution in [0.4, 0.5) is 72.1 Å². The summed E-state index contributed by atoms with van der Waals surface area (Å²) in [6.45, 7) is 0. The van der Waals surface area contributed by atoms with Gasteiger partial charge in [-0.05, 0) is 103 Å². The first-order valence-electron chi connectivity index (χ1n) is 18.5. The van der Waals surface area contributed by atoms with Gasteiger partial charge in [-0.25, -0.2) is 19.9 Å². The molecule has 0 saturated heterocycles. The lowest BCUT2D eigenvalue weighted by molar-refractivity contribution is -0.138. The van der Waals surface area contributed by atoms with Gasteiger partial charge >= 0.3 is 12.4 Å². The van der Waals surface area contributed by atoms with Crippen LogP contribution < -0.4 is 21.3 Å². The SMILES string of the molecule is FC(F)(F)c1ccc(Nc2cc(-c3ccccc3Nc3ccc(Cl)cc3)ncn2)cc1.FC(F)(F)c1ccc(Nc2cc(-c3ccccc3Nc3cccc(Cl)c3)ncn2)cc1. The Morgan fingerprint density at radius 2 is 0.790 bits per heavy atom. The molecular formula is C46H32Cl2F6N8. The average Bonchev–Trinajstić information content (AvgIpc) is 3.25. The zero-order valence-electron chi connectivity index (χ0n) is 32.0. The van der Waals surface area contributed by atoms with E-state index in [2.05, 4.69) is 41.2 Å². The molecule has 2 aromatic heterocycles. The van der Waals surface area contributed by atoms with Crippen molar-refractivity contribution < 1.29 is 26.3 Å². The Balaban J connectivity index is 0.000000186. The maximum atomic E-state index is 12.7. The van der Waals surface area contributed by atoms with E-state index in [9.17, 15) is 26.3 Å². The highest BCUT2D eigenvalue weighted by atomic mass is 35.5. The normalized spacial score (nSPS) is 11.2. The molecule has 0 amide bonds. The van der Waals surface area contributed by atoms with Crippen molar-refractivity contribution in [2.75, 3.05) is 21.3 Å². The van der Waals surface area contributed by atoms with Gasteiger partial charge in [-0.15, -0.1) is 0 Å². The first-order chi connectivity index (χ1) is 29.8.